The number of carbonyl (C=O) groups is 1. The summed E-state index contributed by atoms with van der Waals surface area (Å²) in [7, 11) is 0. The van der Waals surface area contributed by atoms with E-state index < -0.39 is 5.97 Å². The van der Waals surface area contributed by atoms with Crippen molar-refractivity contribution >= 4 is 28.8 Å². The molecule has 0 amide bonds. The SMILES string of the molecule is Nc1c(C(=O)O)ccnc1NCCc1ccsc1. The number of anilines is 2. The Labute approximate surface area is 108 Å². The Hall–Kier alpha value is -2.08. The molecule has 0 aliphatic heterocycles. The number of hydrogen-bond acceptors (Lipinski definition) is 5. The van der Waals surface area contributed by atoms with E-state index in [2.05, 4.69) is 21.7 Å². The molecule has 4 N–H and O–H groups in total. The molecular formula is C12H13N3O2S. The number of pyridine rings is 1. The maximum absolute atomic E-state index is 10.9. The van der Waals surface area contributed by atoms with Crippen LogP contribution < -0.4 is 11.1 Å². The van der Waals surface area contributed by atoms with E-state index in [0.29, 0.717) is 12.4 Å². The van der Waals surface area contributed by atoms with Crippen LogP contribution in [-0.4, -0.2) is 22.6 Å². The third kappa shape index (κ3) is 2.78. The fourth-order valence-electron chi connectivity index (χ4n) is 1.56. The van der Waals surface area contributed by atoms with Crippen molar-refractivity contribution in [1.29, 1.82) is 0 Å². The molecule has 6 heteroatoms. The van der Waals surface area contributed by atoms with Crippen molar-refractivity contribution in [2.45, 2.75) is 6.42 Å². The van der Waals surface area contributed by atoms with Crippen molar-refractivity contribution in [3.8, 4) is 0 Å². The molecule has 18 heavy (non-hydrogen) atoms. The fraction of sp³-hybridized carbons (Fsp3) is 0.167. The zero-order chi connectivity index (χ0) is 13.0. The van der Waals surface area contributed by atoms with Gasteiger partial charge in [0.2, 0.25) is 0 Å². The van der Waals surface area contributed by atoms with E-state index in [0.717, 1.165) is 6.42 Å². The van der Waals surface area contributed by atoms with Gasteiger partial charge in [-0.25, -0.2) is 9.78 Å². The van der Waals surface area contributed by atoms with Crippen LogP contribution in [0.1, 0.15) is 15.9 Å². The van der Waals surface area contributed by atoms with Crippen LogP contribution in [0.5, 0.6) is 0 Å². The number of aromatic nitrogens is 1. The molecule has 0 fully saturated rings. The van der Waals surface area contributed by atoms with Gasteiger partial charge in [0, 0.05) is 12.7 Å². The van der Waals surface area contributed by atoms with Gasteiger partial charge in [-0.15, -0.1) is 0 Å². The summed E-state index contributed by atoms with van der Waals surface area (Å²) in [5.41, 5.74) is 7.22. The molecular weight excluding hydrogens is 250 g/mol. The van der Waals surface area contributed by atoms with Crippen LogP contribution >= 0.6 is 11.3 Å². The molecule has 2 aromatic rings. The van der Waals surface area contributed by atoms with Gasteiger partial charge in [-0.3, -0.25) is 0 Å². The molecule has 5 nitrogen and oxygen atoms in total. The molecule has 0 aliphatic rings. The molecule has 0 bridgehead atoms. The predicted octanol–water partition coefficient (Wildman–Crippen LogP) is 2.08. The molecule has 94 valence electrons. The summed E-state index contributed by atoms with van der Waals surface area (Å²) in [5.74, 6) is -0.624. The molecule has 0 saturated carbocycles. The van der Waals surface area contributed by atoms with Crippen LogP contribution in [-0.2, 0) is 6.42 Å². The van der Waals surface area contributed by atoms with Gasteiger partial charge < -0.3 is 16.2 Å². The molecule has 0 radical (unpaired) electrons. The summed E-state index contributed by atoms with van der Waals surface area (Å²) in [5, 5.41) is 16.1. The zero-order valence-electron chi connectivity index (χ0n) is 9.59. The van der Waals surface area contributed by atoms with Crippen LogP contribution in [0, 0.1) is 0 Å². The first-order chi connectivity index (χ1) is 8.68. The van der Waals surface area contributed by atoms with E-state index in [9.17, 15) is 4.79 Å². The van der Waals surface area contributed by atoms with E-state index in [4.69, 9.17) is 10.8 Å². The first-order valence-electron chi connectivity index (χ1n) is 5.41. The van der Waals surface area contributed by atoms with E-state index in [1.54, 1.807) is 11.3 Å². The Kier molecular flexibility index (Phi) is 3.78. The lowest BCUT2D eigenvalue weighted by atomic mass is 10.2. The summed E-state index contributed by atoms with van der Waals surface area (Å²) < 4.78 is 0. The second-order valence-electron chi connectivity index (χ2n) is 3.73. The van der Waals surface area contributed by atoms with Gasteiger partial charge in [-0.05, 0) is 34.9 Å². The number of nitrogens with one attached hydrogen (secondary N) is 1. The summed E-state index contributed by atoms with van der Waals surface area (Å²) in [6, 6.07) is 3.44. The largest absolute Gasteiger partial charge is 0.478 e. The summed E-state index contributed by atoms with van der Waals surface area (Å²) >= 11 is 1.65. The Balaban J connectivity index is 2.01. The molecule has 0 aromatic carbocycles. The minimum absolute atomic E-state index is 0.0723. The molecule has 0 atom stereocenters. The number of thiophene rings is 1. The lowest BCUT2D eigenvalue weighted by molar-refractivity contribution is 0.0698. The molecule has 0 unspecified atom stereocenters. The lowest BCUT2D eigenvalue weighted by Gasteiger charge is -2.09. The fourth-order valence-corrected chi connectivity index (χ4v) is 2.26. The maximum atomic E-state index is 10.9. The van der Waals surface area contributed by atoms with Crippen molar-refractivity contribution in [3.05, 3.63) is 40.2 Å². The van der Waals surface area contributed by atoms with Crippen LogP contribution in [0.3, 0.4) is 0 Å². The summed E-state index contributed by atoms with van der Waals surface area (Å²) in [6.45, 7) is 0.664. The minimum atomic E-state index is -1.05. The van der Waals surface area contributed by atoms with Crippen LogP contribution in [0.25, 0.3) is 0 Å². The minimum Gasteiger partial charge on any atom is -0.478 e. The Bertz CT molecular complexity index is 540. The highest BCUT2D eigenvalue weighted by Gasteiger charge is 2.11. The highest BCUT2D eigenvalue weighted by Crippen LogP contribution is 2.19. The first-order valence-corrected chi connectivity index (χ1v) is 6.35. The van der Waals surface area contributed by atoms with Crippen molar-refractivity contribution in [3.63, 3.8) is 0 Å². The van der Waals surface area contributed by atoms with Gasteiger partial charge in [0.1, 0.15) is 5.82 Å². The third-order valence-electron chi connectivity index (χ3n) is 2.51. The molecule has 2 rings (SSSR count). The van der Waals surface area contributed by atoms with Gasteiger partial charge in [0.15, 0.2) is 0 Å². The average molecular weight is 263 g/mol. The average Bonchev–Trinajstić information content (AvgIpc) is 2.84. The molecule has 2 aromatic heterocycles. The topological polar surface area (TPSA) is 88.2 Å². The number of carboxylic acids is 1. The number of nitrogens with two attached hydrogens (primary N) is 1. The van der Waals surface area contributed by atoms with E-state index >= 15 is 0 Å². The van der Waals surface area contributed by atoms with Gasteiger partial charge in [0.05, 0.1) is 11.3 Å². The van der Waals surface area contributed by atoms with Crippen molar-refractivity contribution in [2.75, 3.05) is 17.6 Å². The zero-order valence-corrected chi connectivity index (χ0v) is 10.4. The normalized spacial score (nSPS) is 10.2. The first kappa shape index (κ1) is 12.4. The number of hydrogen-bond donors (Lipinski definition) is 3. The van der Waals surface area contributed by atoms with Crippen LogP contribution in [0.4, 0.5) is 11.5 Å². The quantitative estimate of drug-likeness (QED) is 0.768. The lowest BCUT2D eigenvalue weighted by Crippen LogP contribution is -2.11. The number of aromatic carboxylic acids is 1. The Morgan fingerprint density at radius 1 is 1.50 bits per heavy atom. The van der Waals surface area contributed by atoms with E-state index in [1.165, 1.54) is 17.8 Å². The molecule has 0 saturated heterocycles. The van der Waals surface area contributed by atoms with Crippen molar-refractivity contribution in [2.24, 2.45) is 0 Å². The van der Waals surface area contributed by atoms with E-state index in [1.807, 2.05) is 5.38 Å². The number of rotatable bonds is 5. The molecule has 2 heterocycles. The number of carboxylic acid groups (broad SMARTS) is 1. The second-order valence-corrected chi connectivity index (χ2v) is 4.51. The standard InChI is InChI=1S/C12H13N3O2S/c13-10-9(12(16)17)2-5-15-11(10)14-4-1-8-3-6-18-7-8/h2-3,5-7H,1,4,13H2,(H,14,15)(H,16,17). The smallest absolute Gasteiger partial charge is 0.337 e. The van der Waals surface area contributed by atoms with Gasteiger partial charge in [-0.1, -0.05) is 0 Å². The van der Waals surface area contributed by atoms with Gasteiger partial charge >= 0.3 is 5.97 Å². The Morgan fingerprint density at radius 2 is 2.33 bits per heavy atom. The predicted molar refractivity (Wildman–Crippen MR) is 72.1 cm³/mol. The van der Waals surface area contributed by atoms with Crippen LogP contribution in [0.15, 0.2) is 29.1 Å². The van der Waals surface area contributed by atoms with Gasteiger partial charge in [-0.2, -0.15) is 11.3 Å². The molecule has 0 spiro atoms. The highest BCUT2D eigenvalue weighted by atomic mass is 32.1. The monoisotopic (exact) mass is 263 g/mol. The third-order valence-corrected chi connectivity index (χ3v) is 3.24. The van der Waals surface area contributed by atoms with Gasteiger partial charge in [0.25, 0.3) is 0 Å². The highest BCUT2D eigenvalue weighted by molar-refractivity contribution is 7.07. The summed E-state index contributed by atoms with van der Waals surface area (Å²) in [6.07, 6.45) is 2.29. The number of nitrogen functional groups attached to an aromatic ring is 1. The van der Waals surface area contributed by atoms with Crippen molar-refractivity contribution < 1.29 is 9.90 Å². The summed E-state index contributed by atoms with van der Waals surface area (Å²) in [4.78, 5) is 14.9. The second kappa shape index (κ2) is 5.50. The maximum Gasteiger partial charge on any atom is 0.337 e. The Morgan fingerprint density at radius 3 is 3.00 bits per heavy atom. The molecule has 0 aliphatic carbocycles. The van der Waals surface area contributed by atoms with Crippen LogP contribution in [0.2, 0.25) is 0 Å². The number of nitrogens with zero attached hydrogens (tertiary/aromatic N) is 1. The van der Waals surface area contributed by atoms with E-state index in [-0.39, 0.29) is 11.3 Å². The van der Waals surface area contributed by atoms with Crippen molar-refractivity contribution in [1.82, 2.24) is 4.98 Å².